The number of ether oxygens (including phenoxy) is 1. The average molecular weight is 480 g/mol. The van der Waals surface area contributed by atoms with Gasteiger partial charge in [0.2, 0.25) is 5.91 Å². The van der Waals surface area contributed by atoms with Crippen molar-refractivity contribution in [2.45, 2.75) is 25.3 Å². The summed E-state index contributed by atoms with van der Waals surface area (Å²) in [6.07, 6.45) is -0.964. The second kappa shape index (κ2) is 9.92. The Kier molecular flexibility index (Phi) is 6.77. The number of carbonyl (C=O) groups is 3. The summed E-state index contributed by atoms with van der Waals surface area (Å²) in [5.74, 6) is -4.97. The molecule has 1 atom stereocenters. The molecule has 0 heterocycles. The molecule has 3 aromatic rings. The first-order valence-electron chi connectivity index (χ1n) is 10.9. The highest BCUT2D eigenvalue weighted by molar-refractivity contribution is 6.00. The number of hydrogen-bond acceptors (Lipinski definition) is 4. The molecule has 3 N–H and O–H groups in total. The van der Waals surface area contributed by atoms with Gasteiger partial charge in [0.25, 0.3) is 0 Å². The Labute approximate surface area is 199 Å². The second-order valence-electron chi connectivity index (χ2n) is 8.24. The molecule has 0 fully saturated rings. The van der Waals surface area contributed by atoms with Crippen LogP contribution in [0.5, 0.6) is 0 Å². The minimum absolute atomic E-state index is 0.107. The monoisotopic (exact) mass is 480 g/mol. The zero-order valence-electron chi connectivity index (χ0n) is 18.7. The van der Waals surface area contributed by atoms with Crippen molar-refractivity contribution < 1.29 is 33.0 Å². The number of anilines is 1. The van der Waals surface area contributed by atoms with Crippen LogP contribution in [0.2, 0.25) is 0 Å². The van der Waals surface area contributed by atoms with E-state index in [1.54, 1.807) is 6.92 Å². The molecule has 0 saturated carbocycles. The molecular weight excluding hydrogens is 458 g/mol. The summed E-state index contributed by atoms with van der Waals surface area (Å²) >= 11 is 0. The molecule has 0 bridgehead atoms. The molecule has 0 radical (unpaired) electrons. The van der Waals surface area contributed by atoms with Crippen molar-refractivity contribution in [2.75, 3.05) is 11.9 Å². The molecular formula is C26H22F2N2O5. The molecule has 1 aliphatic rings. The molecule has 0 saturated heterocycles. The molecule has 2 amide bonds. The van der Waals surface area contributed by atoms with Crippen LogP contribution in [0.1, 0.15) is 40.7 Å². The van der Waals surface area contributed by atoms with Crippen molar-refractivity contribution in [2.24, 2.45) is 0 Å². The summed E-state index contributed by atoms with van der Waals surface area (Å²) in [5, 5.41) is 14.0. The second-order valence-corrected chi connectivity index (χ2v) is 8.24. The molecule has 180 valence electrons. The zero-order chi connectivity index (χ0) is 25.1. The first kappa shape index (κ1) is 23.9. The predicted octanol–water partition coefficient (Wildman–Crippen LogP) is 4.92. The van der Waals surface area contributed by atoms with Crippen LogP contribution >= 0.6 is 0 Å². The molecule has 35 heavy (non-hydrogen) atoms. The van der Waals surface area contributed by atoms with E-state index in [4.69, 9.17) is 9.84 Å². The van der Waals surface area contributed by atoms with Gasteiger partial charge in [-0.25, -0.2) is 18.4 Å². The largest absolute Gasteiger partial charge is 0.478 e. The third-order valence-electron chi connectivity index (χ3n) is 5.76. The Morgan fingerprint density at radius 2 is 1.54 bits per heavy atom. The average Bonchev–Trinajstić information content (AvgIpc) is 3.13. The zero-order valence-corrected chi connectivity index (χ0v) is 18.7. The van der Waals surface area contributed by atoms with Crippen molar-refractivity contribution in [3.05, 3.63) is 89.0 Å². The van der Waals surface area contributed by atoms with Crippen LogP contribution in [-0.4, -0.2) is 35.7 Å². The summed E-state index contributed by atoms with van der Waals surface area (Å²) in [5.41, 5.74) is 3.36. The van der Waals surface area contributed by atoms with E-state index in [0.29, 0.717) is 12.1 Å². The maximum absolute atomic E-state index is 13.5. The normalized spacial score (nSPS) is 12.9. The van der Waals surface area contributed by atoms with E-state index in [9.17, 15) is 23.2 Å². The highest BCUT2D eigenvalue weighted by Gasteiger charge is 2.29. The lowest BCUT2D eigenvalue weighted by molar-refractivity contribution is -0.116. The number of fused-ring (bicyclic) bond motifs is 3. The first-order valence-corrected chi connectivity index (χ1v) is 10.9. The van der Waals surface area contributed by atoms with Crippen LogP contribution in [0.15, 0.2) is 60.7 Å². The van der Waals surface area contributed by atoms with E-state index >= 15 is 0 Å². The van der Waals surface area contributed by atoms with Crippen LogP contribution in [0.4, 0.5) is 19.3 Å². The van der Waals surface area contributed by atoms with E-state index in [1.165, 1.54) is 0 Å². The summed E-state index contributed by atoms with van der Waals surface area (Å²) in [6, 6.07) is 16.2. The highest BCUT2D eigenvalue weighted by Crippen LogP contribution is 2.44. The number of hydrogen-bond donors (Lipinski definition) is 3. The Bertz CT molecular complexity index is 1270. The minimum Gasteiger partial charge on any atom is -0.478 e. The van der Waals surface area contributed by atoms with Gasteiger partial charge in [-0.15, -0.1) is 0 Å². The maximum Gasteiger partial charge on any atom is 0.407 e. The molecule has 0 spiro atoms. The lowest BCUT2D eigenvalue weighted by Crippen LogP contribution is -2.36. The number of amides is 2. The van der Waals surface area contributed by atoms with Gasteiger partial charge < -0.3 is 20.5 Å². The van der Waals surface area contributed by atoms with Gasteiger partial charge >= 0.3 is 12.1 Å². The van der Waals surface area contributed by atoms with Gasteiger partial charge in [-0.05, 0) is 35.2 Å². The van der Waals surface area contributed by atoms with Gasteiger partial charge in [0.15, 0.2) is 11.6 Å². The molecule has 4 rings (SSSR count). The number of carboxylic acid groups (broad SMARTS) is 1. The Morgan fingerprint density at radius 3 is 2.14 bits per heavy atom. The van der Waals surface area contributed by atoms with Gasteiger partial charge in [0.1, 0.15) is 6.61 Å². The number of aromatic carboxylic acids is 1. The van der Waals surface area contributed by atoms with Crippen molar-refractivity contribution in [3.8, 4) is 11.1 Å². The Morgan fingerprint density at radius 1 is 0.971 bits per heavy atom. The van der Waals surface area contributed by atoms with Gasteiger partial charge in [-0.3, -0.25) is 4.79 Å². The fraction of sp³-hybridized carbons (Fsp3) is 0.192. The van der Waals surface area contributed by atoms with Crippen LogP contribution in [0.25, 0.3) is 11.1 Å². The molecule has 9 heteroatoms. The fourth-order valence-corrected chi connectivity index (χ4v) is 4.20. The van der Waals surface area contributed by atoms with E-state index in [-0.39, 0.29) is 24.6 Å². The maximum atomic E-state index is 13.5. The fourth-order valence-electron chi connectivity index (χ4n) is 4.20. The Balaban J connectivity index is 1.33. The molecule has 0 aliphatic heterocycles. The highest BCUT2D eigenvalue weighted by atomic mass is 19.2. The quantitative estimate of drug-likeness (QED) is 0.445. The molecule has 0 aromatic heterocycles. The summed E-state index contributed by atoms with van der Waals surface area (Å²) < 4.78 is 32.3. The van der Waals surface area contributed by atoms with Crippen LogP contribution in [0, 0.1) is 11.6 Å². The Hall–Kier alpha value is -4.27. The van der Waals surface area contributed by atoms with Crippen molar-refractivity contribution in [1.82, 2.24) is 5.32 Å². The number of carbonyl (C=O) groups excluding carboxylic acids is 2. The number of halogens is 2. The summed E-state index contributed by atoms with van der Waals surface area (Å²) in [6.45, 7) is 1.67. The molecule has 1 unspecified atom stereocenters. The van der Waals surface area contributed by atoms with Gasteiger partial charge in [0, 0.05) is 24.4 Å². The summed E-state index contributed by atoms with van der Waals surface area (Å²) in [7, 11) is 0. The van der Waals surface area contributed by atoms with Gasteiger partial charge in [0.05, 0.1) is 11.3 Å². The number of nitrogens with one attached hydrogen (secondary N) is 2. The van der Waals surface area contributed by atoms with E-state index in [0.717, 1.165) is 22.3 Å². The topological polar surface area (TPSA) is 105 Å². The number of benzene rings is 3. The van der Waals surface area contributed by atoms with Gasteiger partial charge in [-0.1, -0.05) is 48.5 Å². The van der Waals surface area contributed by atoms with Gasteiger partial charge in [-0.2, -0.15) is 0 Å². The smallest absolute Gasteiger partial charge is 0.407 e. The molecule has 3 aromatic carbocycles. The number of carboxylic acids is 1. The summed E-state index contributed by atoms with van der Waals surface area (Å²) in [4.78, 5) is 35.9. The molecule has 7 nitrogen and oxygen atoms in total. The standard InChI is InChI=1S/C26H22F2N2O5/c1-14(10-24(31)30-23-12-22(28)21(27)11-19(23)25(32)33)29-26(34)35-13-20-17-8-4-2-6-15(17)16-7-3-5-9-18(16)20/h2-9,11-12,14,20H,10,13H2,1H3,(H,29,34)(H,30,31)(H,32,33). The lowest BCUT2D eigenvalue weighted by Gasteiger charge is -2.17. The predicted molar refractivity (Wildman–Crippen MR) is 124 cm³/mol. The van der Waals surface area contributed by atoms with Crippen LogP contribution < -0.4 is 10.6 Å². The molecule has 1 aliphatic carbocycles. The van der Waals surface area contributed by atoms with Crippen molar-refractivity contribution >= 4 is 23.7 Å². The van der Waals surface area contributed by atoms with Crippen LogP contribution in [0.3, 0.4) is 0 Å². The SMILES string of the molecule is CC(CC(=O)Nc1cc(F)c(F)cc1C(=O)O)NC(=O)OCC1c2ccccc2-c2ccccc21. The van der Waals surface area contributed by atoms with Crippen molar-refractivity contribution in [1.29, 1.82) is 0 Å². The third kappa shape index (κ3) is 5.13. The number of alkyl carbamates (subject to hydrolysis) is 1. The van der Waals surface area contributed by atoms with E-state index in [2.05, 4.69) is 10.6 Å². The third-order valence-corrected chi connectivity index (χ3v) is 5.76. The lowest BCUT2D eigenvalue weighted by atomic mass is 9.98. The van der Waals surface area contributed by atoms with Crippen molar-refractivity contribution in [3.63, 3.8) is 0 Å². The minimum atomic E-state index is -1.52. The first-order chi connectivity index (χ1) is 16.7. The van der Waals surface area contributed by atoms with Crippen LogP contribution in [-0.2, 0) is 9.53 Å². The van der Waals surface area contributed by atoms with E-state index < -0.39 is 41.2 Å². The van der Waals surface area contributed by atoms with E-state index in [1.807, 2.05) is 48.5 Å². The number of rotatable bonds is 7.